The number of rotatable bonds is 7. The maximum atomic E-state index is 13.3. The molecule has 32 heavy (non-hydrogen) atoms. The van der Waals surface area contributed by atoms with Crippen molar-refractivity contribution < 1.29 is 14.1 Å². The van der Waals surface area contributed by atoms with E-state index in [4.69, 9.17) is 4.42 Å². The first-order valence-electron chi connectivity index (χ1n) is 9.65. The third kappa shape index (κ3) is 4.40. The lowest BCUT2D eigenvalue weighted by atomic mass is 10.1. The Labute approximate surface area is 187 Å². The van der Waals surface area contributed by atoms with E-state index in [1.54, 1.807) is 43.0 Å². The van der Waals surface area contributed by atoms with Gasteiger partial charge in [0.1, 0.15) is 10.9 Å². The molecule has 4 aromatic rings. The van der Waals surface area contributed by atoms with Crippen LogP contribution in [0.1, 0.15) is 16.4 Å². The summed E-state index contributed by atoms with van der Waals surface area (Å²) < 4.78 is 7.14. The first-order chi connectivity index (χ1) is 15.4. The van der Waals surface area contributed by atoms with Crippen molar-refractivity contribution in [3.05, 3.63) is 88.2 Å². The van der Waals surface area contributed by atoms with Crippen molar-refractivity contribution in [1.82, 2.24) is 14.8 Å². The summed E-state index contributed by atoms with van der Waals surface area (Å²) in [5.41, 5.74) is 1.44. The number of hydrogen-bond donors (Lipinski definition) is 1. The van der Waals surface area contributed by atoms with Crippen LogP contribution in [0, 0.1) is 17.0 Å². The van der Waals surface area contributed by atoms with Crippen LogP contribution in [0.4, 0.5) is 11.4 Å². The van der Waals surface area contributed by atoms with E-state index in [2.05, 4.69) is 15.5 Å². The molecule has 0 bridgehead atoms. The van der Waals surface area contributed by atoms with Gasteiger partial charge in [-0.15, -0.1) is 10.2 Å². The van der Waals surface area contributed by atoms with Gasteiger partial charge >= 0.3 is 0 Å². The minimum absolute atomic E-state index is 0.140. The molecule has 0 aliphatic rings. The number of thioether (sulfide) groups is 1. The maximum absolute atomic E-state index is 13.3. The van der Waals surface area contributed by atoms with Crippen LogP contribution in [0.5, 0.6) is 0 Å². The molecule has 0 saturated heterocycles. The van der Waals surface area contributed by atoms with E-state index >= 15 is 0 Å². The first-order valence-corrected chi connectivity index (χ1v) is 10.5. The topological polar surface area (TPSA) is 116 Å². The molecular weight excluding hydrogens is 430 g/mol. The summed E-state index contributed by atoms with van der Waals surface area (Å²) in [5.74, 6) is 0.678. The molecular formula is C22H19N5O4S. The largest absolute Gasteiger partial charge is 0.461 e. The van der Waals surface area contributed by atoms with Gasteiger partial charge in [0.05, 0.1) is 11.2 Å². The van der Waals surface area contributed by atoms with Crippen LogP contribution < -0.4 is 5.32 Å². The second-order valence-electron chi connectivity index (χ2n) is 7.02. The van der Waals surface area contributed by atoms with Crippen LogP contribution in [0.25, 0.3) is 11.6 Å². The molecule has 1 N–H and O–H groups in total. The summed E-state index contributed by atoms with van der Waals surface area (Å²) in [4.78, 5) is 24.2. The fourth-order valence-corrected chi connectivity index (χ4v) is 4.14. The highest BCUT2D eigenvalue weighted by Gasteiger charge is 2.27. The van der Waals surface area contributed by atoms with Gasteiger partial charge in [0.2, 0.25) is 5.91 Å². The molecule has 0 saturated carbocycles. The fourth-order valence-electron chi connectivity index (χ4n) is 3.14. The Morgan fingerprint density at radius 1 is 1.16 bits per heavy atom. The molecule has 10 heteroatoms. The van der Waals surface area contributed by atoms with Gasteiger partial charge in [-0.3, -0.25) is 14.9 Å². The molecule has 162 valence electrons. The number of carbonyl (C=O) groups excluding carboxylic acids is 1. The Hall–Kier alpha value is -3.92. The number of benzene rings is 2. The molecule has 1 atom stereocenters. The number of nitrogens with zero attached hydrogens (tertiary/aromatic N) is 4. The van der Waals surface area contributed by atoms with Crippen molar-refractivity contribution >= 4 is 29.0 Å². The van der Waals surface area contributed by atoms with Crippen LogP contribution in [0.2, 0.25) is 0 Å². The lowest BCUT2D eigenvalue weighted by Crippen LogP contribution is -2.20. The predicted molar refractivity (Wildman–Crippen MR) is 120 cm³/mol. The van der Waals surface area contributed by atoms with Gasteiger partial charge in [-0.1, -0.05) is 48.2 Å². The third-order valence-corrected chi connectivity index (χ3v) is 6.04. The molecule has 0 spiro atoms. The van der Waals surface area contributed by atoms with Gasteiger partial charge in [-0.2, -0.15) is 0 Å². The van der Waals surface area contributed by atoms with Crippen molar-refractivity contribution in [3.8, 4) is 11.6 Å². The molecule has 2 aromatic heterocycles. The maximum Gasteiger partial charge on any atom is 0.293 e. The number of carbonyl (C=O) groups is 1. The normalized spacial score (nSPS) is 11.8. The van der Waals surface area contributed by atoms with Crippen molar-refractivity contribution in [2.24, 2.45) is 7.05 Å². The Kier molecular flexibility index (Phi) is 6.04. The summed E-state index contributed by atoms with van der Waals surface area (Å²) in [6.07, 6.45) is 1.55. The summed E-state index contributed by atoms with van der Waals surface area (Å²) in [6, 6.07) is 17.4. The van der Waals surface area contributed by atoms with E-state index in [9.17, 15) is 14.9 Å². The molecule has 0 aliphatic heterocycles. The van der Waals surface area contributed by atoms with Crippen LogP contribution in [0.3, 0.4) is 0 Å². The zero-order valence-corrected chi connectivity index (χ0v) is 18.1. The van der Waals surface area contributed by atoms with Crippen LogP contribution in [0.15, 0.2) is 76.5 Å². The summed E-state index contributed by atoms with van der Waals surface area (Å²) in [6.45, 7) is 1.76. The van der Waals surface area contributed by atoms with Gasteiger partial charge in [0, 0.05) is 13.1 Å². The minimum Gasteiger partial charge on any atom is -0.461 e. The van der Waals surface area contributed by atoms with E-state index in [0.717, 1.165) is 11.1 Å². The summed E-state index contributed by atoms with van der Waals surface area (Å²) >= 11 is 1.20. The first kappa shape index (κ1) is 21.3. The van der Waals surface area contributed by atoms with Crippen LogP contribution in [-0.2, 0) is 11.8 Å². The molecule has 0 aliphatic carbocycles. The third-order valence-electron chi connectivity index (χ3n) is 4.75. The zero-order chi connectivity index (χ0) is 22.7. The van der Waals surface area contributed by atoms with E-state index < -0.39 is 16.1 Å². The lowest BCUT2D eigenvalue weighted by molar-refractivity contribution is -0.384. The monoisotopic (exact) mass is 449 g/mol. The molecule has 0 unspecified atom stereocenters. The number of nitro groups is 1. The predicted octanol–water partition coefficient (Wildman–Crippen LogP) is 4.76. The number of amides is 1. The van der Waals surface area contributed by atoms with Gasteiger partial charge in [-0.25, -0.2) is 0 Å². The molecule has 1 amide bonds. The number of aryl methyl sites for hydroxylation is 1. The summed E-state index contributed by atoms with van der Waals surface area (Å²) in [5, 5.41) is 22.3. The Bertz CT molecular complexity index is 1250. The Balaban J connectivity index is 1.66. The zero-order valence-electron chi connectivity index (χ0n) is 17.3. The van der Waals surface area contributed by atoms with Crippen molar-refractivity contribution in [2.75, 3.05) is 5.32 Å². The second-order valence-corrected chi connectivity index (χ2v) is 8.09. The van der Waals surface area contributed by atoms with Gasteiger partial charge in [0.25, 0.3) is 5.69 Å². The molecule has 2 heterocycles. The second kappa shape index (κ2) is 9.06. The highest BCUT2D eigenvalue weighted by molar-refractivity contribution is 8.00. The summed E-state index contributed by atoms with van der Waals surface area (Å²) in [7, 11) is 1.78. The smallest absolute Gasteiger partial charge is 0.293 e. The van der Waals surface area contributed by atoms with Crippen molar-refractivity contribution in [1.29, 1.82) is 0 Å². The molecule has 0 fully saturated rings. The number of anilines is 1. The van der Waals surface area contributed by atoms with Crippen molar-refractivity contribution in [3.63, 3.8) is 0 Å². The molecule has 9 nitrogen and oxygen atoms in total. The number of hydrogen-bond acceptors (Lipinski definition) is 7. The van der Waals surface area contributed by atoms with E-state index in [1.807, 2.05) is 30.3 Å². The fraction of sp³-hybridized carbons (Fsp3) is 0.136. The molecule has 2 aromatic carbocycles. The van der Waals surface area contributed by atoms with E-state index in [1.165, 1.54) is 23.9 Å². The number of furan rings is 1. The molecule has 0 radical (unpaired) electrons. The van der Waals surface area contributed by atoms with E-state index in [0.29, 0.717) is 16.7 Å². The molecule has 4 rings (SSSR count). The van der Waals surface area contributed by atoms with Crippen LogP contribution >= 0.6 is 11.8 Å². The average molecular weight is 449 g/mol. The Morgan fingerprint density at radius 2 is 1.94 bits per heavy atom. The van der Waals surface area contributed by atoms with Gasteiger partial charge in [0.15, 0.2) is 16.7 Å². The highest BCUT2D eigenvalue weighted by atomic mass is 32.2. The quantitative estimate of drug-likeness (QED) is 0.245. The Morgan fingerprint density at radius 3 is 2.62 bits per heavy atom. The standard InChI is InChI=1S/C22H19N5O4S/c1-14-10-11-16(17(13-14)27(29)30)23-21(28)19(15-7-4-3-5-8-15)32-22-25-24-20(26(22)2)18-9-6-12-31-18/h3-13,19H,1-2H3,(H,23,28)/t19-/m1/s1. The highest BCUT2D eigenvalue weighted by Crippen LogP contribution is 2.37. The van der Waals surface area contributed by atoms with E-state index in [-0.39, 0.29) is 11.4 Å². The van der Waals surface area contributed by atoms with Gasteiger partial charge < -0.3 is 14.3 Å². The van der Waals surface area contributed by atoms with Crippen molar-refractivity contribution in [2.45, 2.75) is 17.3 Å². The number of nitrogens with one attached hydrogen (secondary N) is 1. The van der Waals surface area contributed by atoms with Gasteiger partial charge in [-0.05, 0) is 36.2 Å². The number of nitro benzene ring substituents is 1. The minimum atomic E-state index is -0.718. The SMILES string of the molecule is Cc1ccc(NC(=O)[C@H](Sc2nnc(-c3ccco3)n2C)c2ccccc2)c([N+](=O)[O-])c1. The average Bonchev–Trinajstić information content (AvgIpc) is 3.43. The number of aromatic nitrogens is 3. The lowest BCUT2D eigenvalue weighted by Gasteiger charge is -2.16. The van der Waals surface area contributed by atoms with Crippen LogP contribution in [-0.4, -0.2) is 25.6 Å².